The first-order valence-electron chi connectivity index (χ1n) is 8.41. The third-order valence-electron chi connectivity index (χ3n) is 4.49. The van der Waals surface area contributed by atoms with Crippen LogP contribution in [0.15, 0.2) is 52.4 Å². The van der Waals surface area contributed by atoms with Gasteiger partial charge in [0.1, 0.15) is 0 Å². The van der Waals surface area contributed by atoms with Gasteiger partial charge in [-0.05, 0) is 23.6 Å². The Hall–Kier alpha value is -3.20. The molecule has 0 N–H and O–H groups in total. The highest BCUT2D eigenvalue weighted by atomic mass is 32.1. The lowest BCUT2D eigenvalue weighted by molar-refractivity contribution is -0.384. The molecule has 3 heterocycles. The molecule has 0 unspecified atom stereocenters. The Bertz CT molecular complexity index is 944. The molecule has 4 rings (SSSR count). The van der Waals surface area contributed by atoms with Crippen molar-refractivity contribution in [1.29, 1.82) is 0 Å². The topological polar surface area (TPSA) is 92.7 Å². The van der Waals surface area contributed by atoms with Crippen molar-refractivity contribution in [3.8, 4) is 10.6 Å². The van der Waals surface area contributed by atoms with Crippen LogP contribution < -0.4 is 4.90 Å². The monoisotopic (exact) mass is 384 g/mol. The van der Waals surface area contributed by atoms with Crippen LogP contribution in [0, 0.1) is 10.1 Å². The Morgan fingerprint density at radius 2 is 1.89 bits per heavy atom. The lowest BCUT2D eigenvalue weighted by atomic mass is 10.2. The number of thiophene rings is 1. The minimum Gasteiger partial charge on any atom is -0.368 e. The number of piperazine rings is 1. The normalized spacial score (nSPS) is 14.4. The van der Waals surface area contributed by atoms with E-state index in [-0.39, 0.29) is 11.6 Å². The maximum absolute atomic E-state index is 12.7. The SMILES string of the molecule is O=C(c1cc(-c2cccs2)on1)N1CCN(c2ccc([N+](=O)[O-])cc2)CC1. The average molecular weight is 384 g/mol. The van der Waals surface area contributed by atoms with E-state index in [0.717, 1.165) is 10.6 Å². The second-order valence-electron chi connectivity index (χ2n) is 6.11. The molecule has 27 heavy (non-hydrogen) atoms. The molecule has 1 aliphatic heterocycles. The van der Waals surface area contributed by atoms with Gasteiger partial charge in [0.2, 0.25) is 0 Å². The first-order valence-corrected chi connectivity index (χ1v) is 9.29. The van der Waals surface area contributed by atoms with Gasteiger partial charge in [-0.1, -0.05) is 11.2 Å². The Morgan fingerprint density at radius 1 is 1.15 bits per heavy atom. The van der Waals surface area contributed by atoms with E-state index in [1.165, 1.54) is 23.5 Å². The number of nitro groups is 1. The number of hydrogen-bond donors (Lipinski definition) is 0. The number of rotatable bonds is 4. The summed E-state index contributed by atoms with van der Waals surface area (Å²) in [7, 11) is 0. The van der Waals surface area contributed by atoms with Crippen molar-refractivity contribution in [2.75, 3.05) is 31.1 Å². The van der Waals surface area contributed by atoms with Crippen LogP contribution in [0.25, 0.3) is 10.6 Å². The molecule has 0 saturated carbocycles. The number of carbonyl (C=O) groups is 1. The van der Waals surface area contributed by atoms with Crippen molar-refractivity contribution in [3.63, 3.8) is 0 Å². The van der Waals surface area contributed by atoms with Crippen LogP contribution in [0.3, 0.4) is 0 Å². The number of anilines is 1. The molecule has 0 aliphatic carbocycles. The molecule has 1 amide bonds. The fourth-order valence-corrected chi connectivity index (χ4v) is 3.70. The fourth-order valence-electron chi connectivity index (χ4n) is 3.03. The predicted molar refractivity (Wildman–Crippen MR) is 101 cm³/mol. The summed E-state index contributed by atoms with van der Waals surface area (Å²) in [4.78, 5) is 27.8. The van der Waals surface area contributed by atoms with Gasteiger partial charge in [0, 0.05) is 50.1 Å². The number of carbonyl (C=O) groups excluding carboxylic acids is 1. The van der Waals surface area contributed by atoms with E-state index in [0.29, 0.717) is 37.6 Å². The van der Waals surface area contributed by atoms with Gasteiger partial charge < -0.3 is 14.3 Å². The number of benzene rings is 1. The summed E-state index contributed by atoms with van der Waals surface area (Å²) in [5.41, 5.74) is 1.29. The van der Waals surface area contributed by atoms with E-state index in [2.05, 4.69) is 10.1 Å². The Labute approximate surface area is 158 Å². The van der Waals surface area contributed by atoms with Crippen LogP contribution in [0.4, 0.5) is 11.4 Å². The number of hydrogen-bond acceptors (Lipinski definition) is 7. The second kappa shape index (κ2) is 7.20. The van der Waals surface area contributed by atoms with Crippen molar-refractivity contribution < 1.29 is 14.2 Å². The van der Waals surface area contributed by atoms with Crippen LogP contribution in [-0.2, 0) is 0 Å². The zero-order valence-corrected chi connectivity index (χ0v) is 15.1. The molecule has 1 saturated heterocycles. The number of nitrogens with zero attached hydrogens (tertiary/aromatic N) is 4. The highest BCUT2D eigenvalue weighted by molar-refractivity contribution is 7.13. The van der Waals surface area contributed by atoms with E-state index in [1.807, 2.05) is 17.5 Å². The molecule has 0 atom stereocenters. The van der Waals surface area contributed by atoms with E-state index >= 15 is 0 Å². The molecule has 2 aromatic heterocycles. The molecule has 0 bridgehead atoms. The summed E-state index contributed by atoms with van der Waals surface area (Å²) in [6.07, 6.45) is 0. The Morgan fingerprint density at radius 3 is 2.52 bits per heavy atom. The third kappa shape index (κ3) is 3.54. The molecule has 1 aromatic carbocycles. The van der Waals surface area contributed by atoms with E-state index in [9.17, 15) is 14.9 Å². The molecule has 0 spiro atoms. The summed E-state index contributed by atoms with van der Waals surface area (Å²) in [6.45, 7) is 2.41. The van der Waals surface area contributed by atoms with Crippen molar-refractivity contribution in [2.24, 2.45) is 0 Å². The number of non-ortho nitro benzene ring substituents is 1. The molecular formula is C18H16N4O4S. The van der Waals surface area contributed by atoms with Gasteiger partial charge in [0.15, 0.2) is 11.5 Å². The fraction of sp³-hybridized carbons (Fsp3) is 0.222. The smallest absolute Gasteiger partial charge is 0.276 e. The molecule has 0 radical (unpaired) electrons. The lowest BCUT2D eigenvalue weighted by Gasteiger charge is -2.35. The van der Waals surface area contributed by atoms with Gasteiger partial charge in [-0.2, -0.15) is 0 Å². The standard InChI is InChI=1S/C18H16N4O4S/c23-18(15-12-16(26-19-15)17-2-1-11-27-17)21-9-7-20(8-10-21)13-3-5-14(6-4-13)22(24)25/h1-6,11-12H,7-10H2. The van der Waals surface area contributed by atoms with Crippen LogP contribution in [-0.4, -0.2) is 47.1 Å². The maximum Gasteiger partial charge on any atom is 0.276 e. The van der Waals surface area contributed by atoms with Crippen LogP contribution in [0.2, 0.25) is 0 Å². The largest absolute Gasteiger partial charge is 0.368 e. The average Bonchev–Trinajstić information content (AvgIpc) is 3.39. The number of amides is 1. The summed E-state index contributed by atoms with van der Waals surface area (Å²) >= 11 is 1.53. The summed E-state index contributed by atoms with van der Waals surface area (Å²) in [5.74, 6) is 0.447. The molecule has 1 aliphatic rings. The molecule has 8 nitrogen and oxygen atoms in total. The summed E-state index contributed by atoms with van der Waals surface area (Å²) in [6, 6.07) is 12.0. The van der Waals surface area contributed by atoms with E-state index < -0.39 is 4.92 Å². The zero-order valence-electron chi connectivity index (χ0n) is 14.3. The molecule has 9 heteroatoms. The van der Waals surface area contributed by atoms with Gasteiger partial charge in [0.05, 0.1) is 9.80 Å². The van der Waals surface area contributed by atoms with Gasteiger partial charge in [0.25, 0.3) is 11.6 Å². The Balaban J connectivity index is 1.38. The van der Waals surface area contributed by atoms with Gasteiger partial charge in [-0.3, -0.25) is 14.9 Å². The predicted octanol–water partition coefficient (Wildman–Crippen LogP) is 3.27. The highest BCUT2D eigenvalue weighted by Crippen LogP contribution is 2.26. The lowest BCUT2D eigenvalue weighted by Crippen LogP contribution is -2.48. The summed E-state index contributed by atoms with van der Waals surface area (Å²) < 4.78 is 5.29. The van der Waals surface area contributed by atoms with Crippen molar-refractivity contribution in [3.05, 3.63) is 63.7 Å². The van der Waals surface area contributed by atoms with Crippen molar-refractivity contribution in [2.45, 2.75) is 0 Å². The molecular weight excluding hydrogens is 368 g/mol. The molecule has 3 aromatic rings. The third-order valence-corrected chi connectivity index (χ3v) is 5.37. The number of nitro benzene ring substituents is 1. The van der Waals surface area contributed by atoms with Crippen LogP contribution in [0.1, 0.15) is 10.5 Å². The summed E-state index contributed by atoms with van der Waals surface area (Å²) in [5, 5.41) is 16.6. The minimum absolute atomic E-state index is 0.0696. The van der Waals surface area contributed by atoms with E-state index in [4.69, 9.17) is 4.52 Å². The molecule has 1 fully saturated rings. The van der Waals surface area contributed by atoms with Gasteiger partial charge in [-0.15, -0.1) is 11.3 Å². The van der Waals surface area contributed by atoms with Crippen LogP contribution in [0.5, 0.6) is 0 Å². The Kier molecular flexibility index (Phi) is 4.59. The van der Waals surface area contributed by atoms with Gasteiger partial charge in [-0.25, -0.2) is 0 Å². The van der Waals surface area contributed by atoms with Gasteiger partial charge >= 0.3 is 0 Å². The zero-order chi connectivity index (χ0) is 18.8. The second-order valence-corrected chi connectivity index (χ2v) is 7.05. The van der Waals surface area contributed by atoms with E-state index in [1.54, 1.807) is 23.1 Å². The maximum atomic E-state index is 12.7. The highest BCUT2D eigenvalue weighted by Gasteiger charge is 2.25. The first-order chi connectivity index (χ1) is 13.1. The minimum atomic E-state index is -0.414. The van der Waals surface area contributed by atoms with Crippen molar-refractivity contribution >= 4 is 28.6 Å². The first kappa shape index (κ1) is 17.2. The quantitative estimate of drug-likeness (QED) is 0.506. The van der Waals surface area contributed by atoms with Crippen molar-refractivity contribution in [1.82, 2.24) is 10.1 Å². The molecule has 138 valence electrons. The van der Waals surface area contributed by atoms with Crippen LogP contribution >= 0.6 is 11.3 Å². The number of aromatic nitrogens is 1.